The van der Waals surface area contributed by atoms with Crippen LogP contribution in [0.25, 0.3) is 11.3 Å². The molecule has 0 atom stereocenters. The van der Waals surface area contributed by atoms with Gasteiger partial charge in [0.1, 0.15) is 5.76 Å². The molecular weight excluding hydrogens is 370 g/mol. The number of nitrogens with zero attached hydrogens (tertiary/aromatic N) is 1. The Labute approximate surface area is 168 Å². The number of methoxy groups -OCH3 is 1. The van der Waals surface area contributed by atoms with Gasteiger partial charge in [-0.15, -0.1) is 0 Å². The number of nitrogens with one attached hydrogen (secondary N) is 1. The van der Waals surface area contributed by atoms with E-state index >= 15 is 0 Å². The van der Waals surface area contributed by atoms with Crippen LogP contribution in [0.15, 0.2) is 59.2 Å². The molecule has 0 saturated carbocycles. The number of furan rings is 1. The Morgan fingerprint density at radius 2 is 2.00 bits per heavy atom. The van der Waals surface area contributed by atoms with Crippen molar-refractivity contribution in [3.63, 3.8) is 0 Å². The van der Waals surface area contributed by atoms with Crippen LogP contribution >= 0.6 is 0 Å². The molecule has 0 bridgehead atoms. The Morgan fingerprint density at radius 1 is 1.21 bits per heavy atom. The molecule has 2 aromatic carbocycles. The smallest absolute Gasteiger partial charge is 0.254 e. The third kappa shape index (κ3) is 3.48. The zero-order valence-corrected chi connectivity index (χ0v) is 16.0. The highest BCUT2D eigenvalue weighted by Crippen LogP contribution is 2.38. The predicted molar refractivity (Wildman–Crippen MR) is 109 cm³/mol. The number of amides is 2. The maximum atomic E-state index is 12.7. The Hall–Kier alpha value is -3.58. The number of hydrogen-bond acceptors (Lipinski definition) is 5. The normalized spacial score (nSPS) is 12.5. The van der Waals surface area contributed by atoms with E-state index < -0.39 is 5.91 Å². The number of fused-ring (bicyclic) bond motifs is 1. The van der Waals surface area contributed by atoms with E-state index in [0.29, 0.717) is 30.8 Å². The Bertz CT molecular complexity index is 1040. The average molecular weight is 391 g/mol. The summed E-state index contributed by atoms with van der Waals surface area (Å²) in [6.45, 7) is 1.44. The predicted octanol–water partition coefficient (Wildman–Crippen LogP) is 3.07. The van der Waals surface area contributed by atoms with E-state index in [1.807, 2.05) is 41.3 Å². The number of hydrogen-bond donors (Lipinski definition) is 2. The molecule has 3 N–H and O–H groups in total. The van der Waals surface area contributed by atoms with Crippen molar-refractivity contribution < 1.29 is 18.7 Å². The summed E-state index contributed by atoms with van der Waals surface area (Å²) in [5.41, 5.74) is 9.80. The summed E-state index contributed by atoms with van der Waals surface area (Å²) in [6, 6.07) is 14.6. The van der Waals surface area contributed by atoms with Gasteiger partial charge >= 0.3 is 0 Å². The van der Waals surface area contributed by atoms with Crippen molar-refractivity contribution in [1.82, 2.24) is 5.32 Å². The van der Waals surface area contributed by atoms with E-state index in [-0.39, 0.29) is 5.91 Å². The number of carbonyl (C=O) groups is 2. The monoisotopic (exact) mass is 391 g/mol. The fourth-order valence-corrected chi connectivity index (χ4v) is 3.59. The molecule has 0 unspecified atom stereocenters. The Morgan fingerprint density at radius 3 is 2.66 bits per heavy atom. The van der Waals surface area contributed by atoms with Gasteiger partial charge in [0.15, 0.2) is 0 Å². The molecule has 1 aliphatic rings. The average Bonchev–Trinajstić information content (AvgIpc) is 3.39. The SMILES string of the molecule is COCCN(c1ccc(C(N)=O)cc1)c1ccc(-c2ccco2)c2c1C(=O)NC2. The number of carbonyl (C=O) groups excluding carboxylic acids is 2. The van der Waals surface area contributed by atoms with Crippen molar-refractivity contribution in [2.24, 2.45) is 5.73 Å². The van der Waals surface area contributed by atoms with Gasteiger partial charge in [-0.3, -0.25) is 9.59 Å². The van der Waals surface area contributed by atoms with Crippen LogP contribution in [0.5, 0.6) is 0 Å². The summed E-state index contributed by atoms with van der Waals surface area (Å²) < 4.78 is 10.8. The maximum Gasteiger partial charge on any atom is 0.254 e. The summed E-state index contributed by atoms with van der Waals surface area (Å²) >= 11 is 0. The molecule has 29 heavy (non-hydrogen) atoms. The summed E-state index contributed by atoms with van der Waals surface area (Å²) in [5.74, 6) is 0.112. The van der Waals surface area contributed by atoms with Crippen LogP contribution in [-0.2, 0) is 11.3 Å². The fraction of sp³-hybridized carbons (Fsp3) is 0.182. The van der Waals surface area contributed by atoms with Gasteiger partial charge in [-0.1, -0.05) is 0 Å². The first-order valence-electron chi connectivity index (χ1n) is 9.24. The highest BCUT2D eigenvalue weighted by Gasteiger charge is 2.29. The van der Waals surface area contributed by atoms with Crippen LogP contribution in [0.3, 0.4) is 0 Å². The van der Waals surface area contributed by atoms with Gasteiger partial charge in [0, 0.05) is 37.0 Å². The summed E-state index contributed by atoms with van der Waals surface area (Å²) in [4.78, 5) is 26.1. The first kappa shape index (κ1) is 18.8. The third-order valence-electron chi connectivity index (χ3n) is 5.00. The fourth-order valence-electron chi connectivity index (χ4n) is 3.59. The lowest BCUT2D eigenvalue weighted by atomic mass is 9.98. The summed E-state index contributed by atoms with van der Waals surface area (Å²) in [7, 11) is 1.63. The second-order valence-electron chi connectivity index (χ2n) is 6.70. The molecular formula is C22H21N3O4. The molecule has 3 aromatic rings. The van der Waals surface area contributed by atoms with Gasteiger partial charge in [0.2, 0.25) is 5.91 Å². The van der Waals surface area contributed by atoms with Crippen molar-refractivity contribution in [3.8, 4) is 11.3 Å². The standard InChI is InChI=1S/C22H21N3O4/c1-28-12-10-25(15-6-4-14(5-7-15)21(23)26)18-9-8-16(19-3-2-11-29-19)17-13-24-22(27)20(17)18/h2-9,11H,10,12-13H2,1H3,(H2,23,26)(H,24,27). The van der Waals surface area contributed by atoms with Gasteiger partial charge in [-0.25, -0.2) is 0 Å². The second-order valence-corrected chi connectivity index (χ2v) is 6.70. The third-order valence-corrected chi connectivity index (χ3v) is 5.00. The second kappa shape index (κ2) is 7.81. The minimum absolute atomic E-state index is 0.125. The molecule has 1 aliphatic heterocycles. The van der Waals surface area contributed by atoms with E-state index in [1.165, 1.54) is 0 Å². The first-order chi connectivity index (χ1) is 14.1. The van der Waals surface area contributed by atoms with Gasteiger partial charge in [-0.2, -0.15) is 0 Å². The molecule has 0 saturated heterocycles. The molecule has 2 amide bonds. The van der Waals surface area contributed by atoms with Crippen molar-refractivity contribution >= 4 is 23.2 Å². The summed E-state index contributed by atoms with van der Waals surface area (Å²) in [5, 5.41) is 2.91. The van der Waals surface area contributed by atoms with Gasteiger partial charge in [-0.05, 0) is 54.1 Å². The van der Waals surface area contributed by atoms with Crippen LogP contribution in [-0.4, -0.2) is 32.1 Å². The van der Waals surface area contributed by atoms with E-state index in [2.05, 4.69) is 5.32 Å². The lowest BCUT2D eigenvalue weighted by molar-refractivity contribution is 0.0964. The molecule has 0 aliphatic carbocycles. The zero-order valence-electron chi connectivity index (χ0n) is 16.0. The lowest BCUT2D eigenvalue weighted by Crippen LogP contribution is -2.25. The van der Waals surface area contributed by atoms with Crippen molar-refractivity contribution in [1.29, 1.82) is 0 Å². The largest absolute Gasteiger partial charge is 0.464 e. The summed E-state index contributed by atoms with van der Waals surface area (Å²) in [6.07, 6.45) is 1.62. The molecule has 0 spiro atoms. The Kier molecular flexibility index (Phi) is 5.05. The number of ether oxygens (including phenoxy) is 1. The topological polar surface area (TPSA) is 97.8 Å². The number of nitrogens with two attached hydrogens (primary N) is 1. The Balaban J connectivity index is 1.82. The number of anilines is 2. The minimum atomic E-state index is -0.483. The molecule has 7 nitrogen and oxygen atoms in total. The number of rotatable bonds is 7. The molecule has 4 rings (SSSR count). The van der Waals surface area contributed by atoms with Crippen LogP contribution in [0.2, 0.25) is 0 Å². The highest BCUT2D eigenvalue weighted by molar-refractivity contribution is 6.06. The van der Waals surface area contributed by atoms with Gasteiger partial charge in [0.05, 0.1) is 24.1 Å². The van der Waals surface area contributed by atoms with Crippen molar-refractivity contribution in [2.45, 2.75) is 6.54 Å². The molecule has 0 fully saturated rings. The highest BCUT2D eigenvalue weighted by atomic mass is 16.5. The number of benzene rings is 2. The molecule has 2 heterocycles. The van der Waals surface area contributed by atoms with Crippen molar-refractivity contribution in [3.05, 3.63) is 71.5 Å². The van der Waals surface area contributed by atoms with Crippen LogP contribution in [0.1, 0.15) is 26.3 Å². The van der Waals surface area contributed by atoms with Crippen LogP contribution in [0.4, 0.5) is 11.4 Å². The van der Waals surface area contributed by atoms with Crippen molar-refractivity contribution in [2.75, 3.05) is 25.2 Å². The maximum absolute atomic E-state index is 12.7. The van der Waals surface area contributed by atoms with E-state index in [0.717, 1.165) is 28.3 Å². The molecule has 7 heteroatoms. The van der Waals surface area contributed by atoms with Crippen LogP contribution in [0, 0.1) is 0 Å². The molecule has 0 radical (unpaired) electrons. The van der Waals surface area contributed by atoms with E-state index in [4.69, 9.17) is 14.9 Å². The first-order valence-corrected chi connectivity index (χ1v) is 9.24. The quantitative estimate of drug-likeness (QED) is 0.645. The van der Waals surface area contributed by atoms with E-state index in [9.17, 15) is 9.59 Å². The zero-order chi connectivity index (χ0) is 20.4. The van der Waals surface area contributed by atoms with E-state index in [1.54, 1.807) is 25.5 Å². The van der Waals surface area contributed by atoms with Gasteiger partial charge in [0.25, 0.3) is 5.91 Å². The lowest BCUT2D eigenvalue weighted by Gasteiger charge is -2.27. The van der Waals surface area contributed by atoms with Crippen LogP contribution < -0.4 is 16.0 Å². The number of primary amides is 1. The van der Waals surface area contributed by atoms with Gasteiger partial charge < -0.3 is 25.1 Å². The minimum Gasteiger partial charge on any atom is -0.464 e. The molecule has 1 aromatic heterocycles. The molecule has 148 valence electrons.